The van der Waals surface area contributed by atoms with Crippen molar-refractivity contribution >= 4 is 28.9 Å². The van der Waals surface area contributed by atoms with Crippen LogP contribution in [0.5, 0.6) is 17.2 Å². The third kappa shape index (κ3) is 3.82. The smallest absolute Gasteiger partial charge is 0.240 e. The number of allylic oxidation sites excluding steroid dienone is 1. The predicted octanol–water partition coefficient (Wildman–Crippen LogP) is 1.73. The molecule has 0 bridgehead atoms. The van der Waals surface area contributed by atoms with Crippen LogP contribution in [0.3, 0.4) is 0 Å². The number of nitrogens with one attached hydrogen (secondary N) is 1. The van der Waals surface area contributed by atoms with Crippen molar-refractivity contribution in [1.29, 1.82) is 0 Å². The highest BCUT2D eigenvalue weighted by Crippen LogP contribution is 2.44. The summed E-state index contributed by atoms with van der Waals surface area (Å²) in [4.78, 5) is 11.6. The number of hydrogen-bond acceptors (Lipinski definition) is 6. The third-order valence-corrected chi connectivity index (χ3v) is 4.45. The first-order valence-electron chi connectivity index (χ1n) is 7.21. The molecule has 1 unspecified atom stereocenters. The Morgan fingerprint density at radius 3 is 2.38 bits per heavy atom. The Hall–Kier alpha value is -2.19. The van der Waals surface area contributed by atoms with E-state index in [1.54, 1.807) is 24.5 Å². The number of methoxy groups -OCH3 is 3. The van der Waals surface area contributed by atoms with Crippen LogP contribution in [-0.2, 0) is 16.0 Å². The third-order valence-electron chi connectivity index (χ3n) is 3.49. The van der Waals surface area contributed by atoms with Gasteiger partial charge >= 0.3 is 0 Å². The number of carbonyl (C=O) groups is 1. The maximum absolute atomic E-state index is 12.0. The standard InChI is InChI=1S/C16H20N2O5S/c1-21-12-9-10(5-6-11-7-8-13(19)18-17-11)14(22-2)15(23-3)16(12)24(4)20/h5-6,9H,7-8H2,1-4H3,(H,18,19). The number of benzene rings is 1. The van der Waals surface area contributed by atoms with E-state index in [-0.39, 0.29) is 5.91 Å². The summed E-state index contributed by atoms with van der Waals surface area (Å²) in [5.74, 6) is 1.19. The van der Waals surface area contributed by atoms with Crippen LogP contribution in [0.1, 0.15) is 18.4 Å². The molecule has 1 aliphatic heterocycles. The van der Waals surface area contributed by atoms with E-state index in [0.29, 0.717) is 40.5 Å². The van der Waals surface area contributed by atoms with E-state index in [2.05, 4.69) is 10.5 Å². The molecule has 7 nitrogen and oxygen atoms in total. The van der Waals surface area contributed by atoms with Gasteiger partial charge in [-0.3, -0.25) is 4.79 Å². The van der Waals surface area contributed by atoms with E-state index in [1.165, 1.54) is 21.3 Å². The molecule has 1 heterocycles. The number of hydrazone groups is 1. The van der Waals surface area contributed by atoms with Crippen LogP contribution in [0.4, 0.5) is 0 Å². The molecule has 0 saturated heterocycles. The van der Waals surface area contributed by atoms with Crippen molar-refractivity contribution in [2.45, 2.75) is 17.7 Å². The number of carbonyl (C=O) groups excluding carboxylic acids is 1. The number of amides is 1. The average Bonchev–Trinajstić information content (AvgIpc) is 2.59. The second-order valence-electron chi connectivity index (χ2n) is 4.99. The highest BCUT2D eigenvalue weighted by atomic mass is 32.2. The minimum absolute atomic E-state index is 0.0946. The SMILES string of the molecule is COc1cc(C=CC2=NNC(=O)CC2)c(OC)c(OC)c1[S+](C)[O-]. The van der Waals surface area contributed by atoms with Gasteiger partial charge in [0.2, 0.25) is 16.6 Å². The number of nitrogens with zero attached hydrogens (tertiary/aromatic N) is 1. The Morgan fingerprint density at radius 1 is 1.17 bits per heavy atom. The molecule has 8 heteroatoms. The van der Waals surface area contributed by atoms with Crippen molar-refractivity contribution in [3.8, 4) is 17.2 Å². The molecule has 1 amide bonds. The van der Waals surface area contributed by atoms with Gasteiger partial charge in [0.1, 0.15) is 6.26 Å². The van der Waals surface area contributed by atoms with Crippen LogP contribution in [0.2, 0.25) is 0 Å². The Balaban J connectivity index is 2.47. The summed E-state index contributed by atoms with van der Waals surface area (Å²) in [6.45, 7) is 0. The van der Waals surface area contributed by atoms with Crippen molar-refractivity contribution in [3.05, 3.63) is 17.7 Å². The van der Waals surface area contributed by atoms with E-state index in [4.69, 9.17) is 14.2 Å². The summed E-state index contributed by atoms with van der Waals surface area (Å²) >= 11 is -1.31. The summed E-state index contributed by atoms with van der Waals surface area (Å²) in [6.07, 6.45) is 6.10. The monoisotopic (exact) mass is 352 g/mol. The van der Waals surface area contributed by atoms with Crippen molar-refractivity contribution in [2.75, 3.05) is 27.6 Å². The predicted molar refractivity (Wildman–Crippen MR) is 92.3 cm³/mol. The second kappa shape index (κ2) is 8.07. The lowest BCUT2D eigenvalue weighted by molar-refractivity contribution is -0.121. The minimum Gasteiger partial charge on any atom is -0.611 e. The lowest BCUT2D eigenvalue weighted by Gasteiger charge is -2.18. The van der Waals surface area contributed by atoms with Crippen molar-refractivity contribution in [2.24, 2.45) is 5.10 Å². The summed E-state index contributed by atoms with van der Waals surface area (Å²) in [6, 6.07) is 1.73. The summed E-state index contributed by atoms with van der Waals surface area (Å²) in [5, 5.41) is 3.99. The zero-order valence-electron chi connectivity index (χ0n) is 14.0. The maximum Gasteiger partial charge on any atom is 0.240 e. The fourth-order valence-corrected chi connectivity index (χ4v) is 3.22. The minimum atomic E-state index is -1.31. The maximum atomic E-state index is 12.0. The van der Waals surface area contributed by atoms with Crippen LogP contribution >= 0.6 is 0 Å². The molecule has 0 radical (unpaired) electrons. The van der Waals surface area contributed by atoms with Gasteiger partial charge in [-0.1, -0.05) is 0 Å². The summed E-state index contributed by atoms with van der Waals surface area (Å²) in [5.41, 5.74) is 3.89. The summed E-state index contributed by atoms with van der Waals surface area (Å²) in [7, 11) is 4.51. The molecule has 2 rings (SSSR count). The van der Waals surface area contributed by atoms with Gasteiger partial charge in [-0.2, -0.15) is 5.10 Å². The van der Waals surface area contributed by atoms with Gasteiger partial charge in [-0.05, 0) is 29.4 Å². The van der Waals surface area contributed by atoms with E-state index in [9.17, 15) is 9.35 Å². The average molecular weight is 352 g/mol. The molecule has 0 saturated carbocycles. The Bertz CT molecular complexity index is 686. The van der Waals surface area contributed by atoms with Crippen LogP contribution < -0.4 is 19.6 Å². The molecule has 1 atom stereocenters. The zero-order valence-corrected chi connectivity index (χ0v) is 14.9. The number of ether oxygens (including phenoxy) is 3. The molecule has 1 aromatic rings. The fraction of sp³-hybridized carbons (Fsp3) is 0.375. The number of rotatable bonds is 6. The molecule has 1 N–H and O–H groups in total. The molecule has 1 aromatic carbocycles. The molecule has 0 aromatic heterocycles. The molecule has 0 fully saturated rings. The van der Waals surface area contributed by atoms with Crippen molar-refractivity contribution in [3.63, 3.8) is 0 Å². The van der Waals surface area contributed by atoms with Gasteiger partial charge in [0.15, 0.2) is 11.5 Å². The van der Waals surface area contributed by atoms with Gasteiger partial charge in [0, 0.05) is 18.4 Å². The van der Waals surface area contributed by atoms with Crippen LogP contribution in [0, 0.1) is 0 Å². The molecular formula is C16H20N2O5S. The normalized spacial score (nSPS) is 15.7. The first-order chi connectivity index (χ1) is 11.5. The highest BCUT2D eigenvalue weighted by Gasteiger charge is 2.26. The van der Waals surface area contributed by atoms with Gasteiger partial charge in [-0.25, -0.2) is 5.43 Å². The van der Waals surface area contributed by atoms with Gasteiger partial charge in [0.25, 0.3) is 0 Å². The van der Waals surface area contributed by atoms with E-state index in [1.807, 2.05) is 0 Å². The molecule has 0 spiro atoms. The quantitative estimate of drug-likeness (QED) is 0.787. The van der Waals surface area contributed by atoms with Gasteiger partial charge in [-0.15, -0.1) is 0 Å². The van der Waals surface area contributed by atoms with Crippen LogP contribution in [0.15, 0.2) is 22.1 Å². The van der Waals surface area contributed by atoms with E-state index < -0.39 is 11.2 Å². The Kier molecular flexibility index (Phi) is 6.10. The van der Waals surface area contributed by atoms with Crippen LogP contribution in [-0.4, -0.2) is 43.8 Å². The van der Waals surface area contributed by atoms with Crippen molar-refractivity contribution < 1.29 is 23.6 Å². The zero-order chi connectivity index (χ0) is 17.7. The Labute approximate surface area is 143 Å². The first-order valence-corrected chi connectivity index (χ1v) is 8.77. The first kappa shape index (κ1) is 18.2. The Morgan fingerprint density at radius 2 is 1.88 bits per heavy atom. The largest absolute Gasteiger partial charge is 0.611 e. The molecule has 0 aliphatic carbocycles. The van der Waals surface area contributed by atoms with Gasteiger partial charge in [0.05, 0.1) is 27.0 Å². The van der Waals surface area contributed by atoms with Crippen molar-refractivity contribution in [1.82, 2.24) is 5.43 Å². The number of hydrogen-bond donors (Lipinski definition) is 1. The molecule has 1 aliphatic rings. The van der Waals surface area contributed by atoms with Crippen LogP contribution in [0.25, 0.3) is 6.08 Å². The fourth-order valence-electron chi connectivity index (χ4n) is 2.36. The lowest BCUT2D eigenvalue weighted by Crippen LogP contribution is -2.24. The second-order valence-corrected chi connectivity index (χ2v) is 6.31. The van der Waals surface area contributed by atoms with Gasteiger partial charge < -0.3 is 18.8 Å². The van der Waals surface area contributed by atoms with E-state index >= 15 is 0 Å². The topological polar surface area (TPSA) is 92.2 Å². The van der Waals surface area contributed by atoms with E-state index in [0.717, 1.165) is 5.71 Å². The highest BCUT2D eigenvalue weighted by molar-refractivity contribution is 7.91. The molecular weight excluding hydrogens is 332 g/mol. The molecule has 24 heavy (non-hydrogen) atoms. The lowest BCUT2D eigenvalue weighted by atomic mass is 10.1. The summed E-state index contributed by atoms with van der Waals surface area (Å²) < 4.78 is 28.2. The molecule has 130 valence electrons.